The zero-order valence-corrected chi connectivity index (χ0v) is 14.0. The monoisotopic (exact) mass is 362 g/mol. The highest BCUT2D eigenvalue weighted by Crippen LogP contribution is 2.31. The molecule has 0 saturated carbocycles. The summed E-state index contributed by atoms with van der Waals surface area (Å²) in [5.41, 5.74) is 3.01. The van der Waals surface area contributed by atoms with Gasteiger partial charge in [0.25, 0.3) is 0 Å². The van der Waals surface area contributed by atoms with Crippen LogP contribution in [0.5, 0.6) is 5.75 Å². The molecule has 3 rings (SSSR count). The lowest BCUT2D eigenvalue weighted by Crippen LogP contribution is -2.00. The van der Waals surface area contributed by atoms with Crippen molar-refractivity contribution in [2.75, 3.05) is 0 Å². The molecule has 1 aromatic heterocycles. The second-order valence-corrected chi connectivity index (χ2v) is 6.74. The van der Waals surface area contributed by atoms with Crippen molar-refractivity contribution >= 4 is 37.4 Å². The van der Waals surface area contributed by atoms with Crippen molar-refractivity contribution in [2.45, 2.75) is 20.1 Å². The highest BCUT2D eigenvalue weighted by molar-refractivity contribution is 9.10. The Morgan fingerprint density at radius 2 is 2.00 bits per heavy atom. The maximum absolute atomic E-state index is 9.50. The number of hydrogen-bond donors (Lipinski definition) is 1. The topological polar surface area (TPSA) is 29.5 Å². The lowest BCUT2D eigenvalue weighted by atomic mass is 10.1. The predicted octanol–water partition coefficient (Wildman–Crippen LogP) is 5.04. The van der Waals surface area contributed by atoms with Crippen molar-refractivity contribution in [3.05, 3.63) is 62.9 Å². The molecule has 0 unspecified atom stereocenters. The van der Waals surface area contributed by atoms with Gasteiger partial charge in [-0.05, 0) is 41.5 Å². The van der Waals surface area contributed by atoms with Gasteiger partial charge >= 0.3 is 0 Å². The van der Waals surface area contributed by atoms with Crippen LogP contribution >= 0.6 is 27.3 Å². The Balaban J connectivity index is 1.88. The van der Waals surface area contributed by atoms with E-state index in [-0.39, 0.29) is 6.61 Å². The molecular formula is C17H15BrO2S. The number of aliphatic hydroxyl groups excluding tert-OH is 1. The van der Waals surface area contributed by atoms with Crippen LogP contribution in [-0.2, 0) is 13.2 Å². The van der Waals surface area contributed by atoms with E-state index >= 15 is 0 Å². The fourth-order valence-electron chi connectivity index (χ4n) is 2.42. The van der Waals surface area contributed by atoms with Crippen molar-refractivity contribution < 1.29 is 9.84 Å². The van der Waals surface area contributed by atoms with Crippen molar-refractivity contribution in [3.63, 3.8) is 0 Å². The number of halogens is 1. The summed E-state index contributed by atoms with van der Waals surface area (Å²) in [4.78, 5) is 0. The van der Waals surface area contributed by atoms with Gasteiger partial charge in [-0.2, -0.15) is 0 Å². The molecule has 0 amide bonds. The first kappa shape index (κ1) is 14.6. The van der Waals surface area contributed by atoms with Gasteiger partial charge in [-0.1, -0.05) is 34.1 Å². The molecule has 0 saturated heterocycles. The van der Waals surface area contributed by atoms with E-state index in [9.17, 15) is 5.11 Å². The molecule has 4 heteroatoms. The van der Waals surface area contributed by atoms with E-state index in [0.29, 0.717) is 6.61 Å². The van der Waals surface area contributed by atoms with E-state index in [0.717, 1.165) is 21.3 Å². The number of ether oxygens (including phenoxy) is 1. The number of benzene rings is 2. The van der Waals surface area contributed by atoms with Gasteiger partial charge in [0.15, 0.2) is 0 Å². The minimum absolute atomic E-state index is 0.0278. The van der Waals surface area contributed by atoms with Gasteiger partial charge in [0, 0.05) is 20.3 Å². The van der Waals surface area contributed by atoms with Gasteiger partial charge in [0.1, 0.15) is 12.4 Å². The van der Waals surface area contributed by atoms with Gasteiger partial charge in [0.05, 0.1) is 6.61 Å². The molecule has 1 N–H and O–H groups in total. The minimum atomic E-state index is -0.0278. The van der Waals surface area contributed by atoms with Gasteiger partial charge < -0.3 is 9.84 Å². The molecule has 0 aliphatic carbocycles. The molecular weight excluding hydrogens is 348 g/mol. The Kier molecular flexibility index (Phi) is 4.29. The fourth-order valence-corrected chi connectivity index (χ4v) is 3.98. The molecule has 0 fully saturated rings. The molecule has 0 spiro atoms. The molecule has 2 aromatic carbocycles. The standard InChI is InChI=1S/C17H15BrO2S/c1-11-6-14(18)7-12(8-19)17(11)20-9-13-10-21-16-5-3-2-4-15(13)16/h2-7,10,19H,8-9H2,1H3. The van der Waals surface area contributed by atoms with E-state index in [1.54, 1.807) is 11.3 Å². The van der Waals surface area contributed by atoms with Crippen molar-refractivity contribution in [1.29, 1.82) is 0 Å². The van der Waals surface area contributed by atoms with E-state index in [1.807, 2.05) is 31.2 Å². The smallest absolute Gasteiger partial charge is 0.128 e. The molecule has 0 aliphatic heterocycles. The molecule has 0 bridgehead atoms. The van der Waals surface area contributed by atoms with Crippen LogP contribution in [0.25, 0.3) is 10.1 Å². The Morgan fingerprint density at radius 3 is 2.81 bits per heavy atom. The number of hydrogen-bond acceptors (Lipinski definition) is 3. The number of aryl methyl sites for hydroxylation is 1. The van der Waals surface area contributed by atoms with Crippen LogP contribution in [0.3, 0.4) is 0 Å². The Morgan fingerprint density at radius 1 is 1.19 bits per heavy atom. The zero-order valence-electron chi connectivity index (χ0n) is 11.6. The number of rotatable bonds is 4. The average molecular weight is 363 g/mol. The highest BCUT2D eigenvalue weighted by Gasteiger charge is 2.10. The summed E-state index contributed by atoms with van der Waals surface area (Å²) < 4.78 is 8.22. The van der Waals surface area contributed by atoms with Crippen molar-refractivity contribution in [2.24, 2.45) is 0 Å². The molecule has 108 valence electrons. The molecule has 0 atom stereocenters. The zero-order chi connectivity index (χ0) is 14.8. The van der Waals surface area contributed by atoms with Crippen LogP contribution in [0.15, 0.2) is 46.3 Å². The summed E-state index contributed by atoms with van der Waals surface area (Å²) in [7, 11) is 0. The maximum Gasteiger partial charge on any atom is 0.128 e. The number of aliphatic hydroxyl groups is 1. The minimum Gasteiger partial charge on any atom is -0.488 e. The summed E-state index contributed by atoms with van der Waals surface area (Å²) in [5, 5.41) is 12.9. The van der Waals surface area contributed by atoms with Crippen molar-refractivity contribution in [3.8, 4) is 5.75 Å². The van der Waals surface area contributed by atoms with Gasteiger partial charge in [-0.15, -0.1) is 11.3 Å². The summed E-state index contributed by atoms with van der Waals surface area (Å²) in [6, 6.07) is 12.2. The summed E-state index contributed by atoms with van der Waals surface area (Å²) in [6.07, 6.45) is 0. The second-order valence-electron chi connectivity index (χ2n) is 4.91. The predicted molar refractivity (Wildman–Crippen MR) is 91.0 cm³/mol. The molecule has 3 aromatic rings. The molecule has 1 heterocycles. The molecule has 0 aliphatic rings. The van der Waals surface area contributed by atoms with Gasteiger partial charge in [0.2, 0.25) is 0 Å². The second kappa shape index (κ2) is 6.18. The number of fused-ring (bicyclic) bond motifs is 1. The Bertz CT molecular complexity index is 780. The highest BCUT2D eigenvalue weighted by atomic mass is 79.9. The molecule has 21 heavy (non-hydrogen) atoms. The van der Waals surface area contributed by atoms with Crippen LogP contribution < -0.4 is 4.74 Å². The van der Waals surface area contributed by atoms with Crippen LogP contribution in [0.1, 0.15) is 16.7 Å². The van der Waals surface area contributed by atoms with E-state index in [2.05, 4.69) is 33.4 Å². The van der Waals surface area contributed by atoms with Crippen LogP contribution in [0, 0.1) is 6.92 Å². The number of thiophene rings is 1. The molecule has 2 nitrogen and oxygen atoms in total. The van der Waals surface area contributed by atoms with E-state index in [1.165, 1.54) is 15.6 Å². The SMILES string of the molecule is Cc1cc(Br)cc(CO)c1OCc1csc2ccccc12. The van der Waals surface area contributed by atoms with E-state index < -0.39 is 0 Å². The summed E-state index contributed by atoms with van der Waals surface area (Å²) >= 11 is 5.17. The normalized spacial score (nSPS) is 11.0. The first-order chi connectivity index (χ1) is 10.2. The van der Waals surface area contributed by atoms with Crippen molar-refractivity contribution in [1.82, 2.24) is 0 Å². The third-order valence-corrected chi connectivity index (χ3v) is 4.89. The fraction of sp³-hybridized carbons (Fsp3) is 0.176. The Labute approximate surface area is 136 Å². The Hall–Kier alpha value is -1.36. The largest absolute Gasteiger partial charge is 0.488 e. The van der Waals surface area contributed by atoms with Crippen LogP contribution in [0.2, 0.25) is 0 Å². The third kappa shape index (κ3) is 2.98. The lowest BCUT2D eigenvalue weighted by molar-refractivity contribution is 0.258. The van der Waals surface area contributed by atoms with Gasteiger partial charge in [-0.25, -0.2) is 0 Å². The summed E-state index contributed by atoms with van der Waals surface area (Å²) in [6.45, 7) is 2.48. The third-order valence-electron chi connectivity index (χ3n) is 3.42. The van der Waals surface area contributed by atoms with Gasteiger partial charge in [-0.3, -0.25) is 0 Å². The van der Waals surface area contributed by atoms with E-state index in [4.69, 9.17) is 4.74 Å². The first-order valence-electron chi connectivity index (χ1n) is 6.67. The average Bonchev–Trinajstić information content (AvgIpc) is 2.89. The maximum atomic E-state index is 9.50. The quantitative estimate of drug-likeness (QED) is 0.703. The van der Waals surface area contributed by atoms with Crippen LogP contribution in [-0.4, -0.2) is 5.11 Å². The van der Waals surface area contributed by atoms with Crippen LogP contribution in [0.4, 0.5) is 0 Å². The molecule has 0 radical (unpaired) electrons. The first-order valence-corrected chi connectivity index (χ1v) is 8.34. The lowest BCUT2D eigenvalue weighted by Gasteiger charge is -2.13. The summed E-state index contributed by atoms with van der Waals surface area (Å²) in [5.74, 6) is 0.774.